The van der Waals surface area contributed by atoms with E-state index in [4.69, 9.17) is 11.6 Å². The minimum absolute atomic E-state index is 0.546. The van der Waals surface area contributed by atoms with E-state index in [-0.39, 0.29) is 0 Å². The highest BCUT2D eigenvalue weighted by atomic mass is 35.5. The Morgan fingerprint density at radius 3 is 2.76 bits per heavy atom. The van der Waals surface area contributed by atoms with E-state index in [1.807, 2.05) is 18.3 Å². The van der Waals surface area contributed by atoms with Crippen LogP contribution in [0, 0.1) is 12.8 Å². The van der Waals surface area contributed by atoms with Gasteiger partial charge in [-0.2, -0.15) is 0 Å². The zero-order valence-corrected chi connectivity index (χ0v) is 14.2. The largest absolute Gasteiger partial charge is 0.309 e. The third kappa shape index (κ3) is 3.50. The van der Waals surface area contributed by atoms with Gasteiger partial charge in [0, 0.05) is 20.8 Å². The molecule has 3 rings (SSSR count). The molecule has 0 saturated heterocycles. The fraction of sp³-hybridized carbons (Fsp3) is 0.444. The maximum Gasteiger partial charge on any atom is 0.0443 e. The van der Waals surface area contributed by atoms with Crippen molar-refractivity contribution in [3.8, 4) is 10.4 Å². The molecule has 1 aliphatic carbocycles. The second-order valence-electron chi connectivity index (χ2n) is 5.94. The topological polar surface area (TPSA) is 12.0 Å². The SMILES string of the molecule is CCCNC(c1ccc(-c2ccc(C)c(Cl)c2)s1)C1CC1. The summed E-state index contributed by atoms with van der Waals surface area (Å²) >= 11 is 8.16. The van der Waals surface area contributed by atoms with Crippen LogP contribution in [0.5, 0.6) is 0 Å². The molecular weight excluding hydrogens is 298 g/mol. The Balaban J connectivity index is 1.82. The molecule has 1 fully saturated rings. The second-order valence-corrected chi connectivity index (χ2v) is 7.46. The fourth-order valence-corrected chi connectivity index (χ4v) is 4.00. The van der Waals surface area contributed by atoms with Crippen LogP contribution in [0.15, 0.2) is 30.3 Å². The van der Waals surface area contributed by atoms with Gasteiger partial charge in [0.1, 0.15) is 0 Å². The molecule has 1 aromatic heterocycles. The normalized spacial score (nSPS) is 16.1. The highest BCUT2D eigenvalue weighted by Gasteiger charge is 2.32. The second kappa shape index (κ2) is 6.51. The summed E-state index contributed by atoms with van der Waals surface area (Å²) in [5.41, 5.74) is 2.37. The Labute approximate surface area is 136 Å². The summed E-state index contributed by atoms with van der Waals surface area (Å²) in [6.45, 7) is 5.37. The highest BCUT2D eigenvalue weighted by Crippen LogP contribution is 2.44. The molecule has 1 unspecified atom stereocenters. The van der Waals surface area contributed by atoms with E-state index in [1.54, 1.807) is 0 Å². The van der Waals surface area contributed by atoms with Crippen LogP contribution in [0.1, 0.15) is 42.7 Å². The monoisotopic (exact) mass is 319 g/mol. The molecular formula is C18H22ClNS. The summed E-state index contributed by atoms with van der Waals surface area (Å²) in [5, 5.41) is 4.57. The maximum atomic E-state index is 6.25. The van der Waals surface area contributed by atoms with Crippen LogP contribution in [0.2, 0.25) is 5.02 Å². The molecule has 1 atom stereocenters. The Kier molecular flexibility index (Phi) is 4.68. The molecule has 2 aromatic rings. The highest BCUT2D eigenvalue weighted by molar-refractivity contribution is 7.15. The van der Waals surface area contributed by atoms with Crippen LogP contribution in [0.3, 0.4) is 0 Å². The van der Waals surface area contributed by atoms with Gasteiger partial charge in [0.2, 0.25) is 0 Å². The van der Waals surface area contributed by atoms with Crippen LogP contribution in [-0.4, -0.2) is 6.54 Å². The van der Waals surface area contributed by atoms with Gasteiger partial charge in [-0.1, -0.05) is 30.7 Å². The van der Waals surface area contributed by atoms with Crippen molar-refractivity contribution >= 4 is 22.9 Å². The molecule has 0 spiro atoms. The van der Waals surface area contributed by atoms with E-state index in [0.717, 1.165) is 23.0 Å². The van der Waals surface area contributed by atoms with Crippen LogP contribution in [-0.2, 0) is 0 Å². The molecule has 112 valence electrons. The van der Waals surface area contributed by atoms with Gasteiger partial charge < -0.3 is 5.32 Å². The first kappa shape index (κ1) is 15.1. The molecule has 1 aromatic carbocycles. The third-order valence-corrected chi connectivity index (χ3v) is 5.72. The average molecular weight is 320 g/mol. The zero-order chi connectivity index (χ0) is 14.8. The van der Waals surface area contributed by atoms with Crippen molar-refractivity contribution in [1.29, 1.82) is 0 Å². The van der Waals surface area contributed by atoms with Crippen LogP contribution >= 0.6 is 22.9 Å². The summed E-state index contributed by atoms with van der Waals surface area (Å²) in [4.78, 5) is 2.79. The molecule has 1 heterocycles. The average Bonchev–Trinajstić information content (AvgIpc) is 3.20. The predicted octanol–water partition coefficient (Wildman–Crippen LogP) is 5.83. The number of nitrogens with one attached hydrogen (secondary N) is 1. The van der Waals surface area contributed by atoms with E-state index >= 15 is 0 Å². The van der Waals surface area contributed by atoms with Gasteiger partial charge in [-0.05, 0) is 68.0 Å². The molecule has 0 amide bonds. The van der Waals surface area contributed by atoms with Crippen molar-refractivity contribution in [2.24, 2.45) is 5.92 Å². The third-order valence-electron chi connectivity index (χ3n) is 4.10. The maximum absolute atomic E-state index is 6.25. The van der Waals surface area contributed by atoms with Crippen LogP contribution in [0.4, 0.5) is 0 Å². The molecule has 1 saturated carbocycles. The number of rotatable bonds is 6. The predicted molar refractivity (Wildman–Crippen MR) is 93.3 cm³/mol. The summed E-state index contributed by atoms with van der Waals surface area (Å²) in [7, 11) is 0. The van der Waals surface area contributed by atoms with E-state index < -0.39 is 0 Å². The summed E-state index contributed by atoms with van der Waals surface area (Å²) in [5.74, 6) is 0.838. The minimum Gasteiger partial charge on any atom is -0.309 e. The Bertz CT molecular complexity index is 615. The smallest absolute Gasteiger partial charge is 0.0443 e. The first-order chi connectivity index (χ1) is 10.2. The summed E-state index contributed by atoms with van der Waals surface area (Å²) in [6, 6.07) is 11.4. The molecule has 0 radical (unpaired) electrons. The van der Waals surface area contributed by atoms with E-state index in [2.05, 4.69) is 42.6 Å². The van der Waals surface area contributed by atoms with E-state index in [1.165, 1.54) is 34.6 Å². The lowest BCUT2D eigenvalue weighted by Gasteiger charge is -2.16. The molecule has 1 aliphatic rings. The van der Waals surface area contributed by atoms with Gasteiger partial charge >= 0.3 is 0 Å². The van der Waals surface area contributed by atoms with Crippen molar-refractivity contribution in [1.82, 2.24) is 5.32 Å². The van der Waals surface area contributed by atoms with Gasteiger partial charge in [0.15, 0.2) is 0 Å². The lowest BCUT2D eigenvalue weighted by atomic mass is 10.1. The lowest BCUT2D eigenvalue weighted by Crippen LogP contribution is -2.22. The van der Waals surface area contributed by atoms with E-state index in [0.29, 0.717) is 6.04 Å². The Morgan fingerprint density at radius 1 is 1.29 bits per heavy atom. The minimum atomic E-state index is 0.546. The van der Waals surface area contributed by atoms with Crippen molar-refractivity contribution in [3.63, 3.8) is 0 Å². The molecule has 1 N–H and O–H groups in total. The number of halogens is 1. The number of benzene rings is 1. The lowest BCUT2D eigenvalue weighted by molar-refractivity contribution is 0.488. The standard InChI is InChI=1S/C18H22ClNS/c1-3-10-20-18(13-6-7-13)17-9-8-16(21-17)14-5-4-12(2)15(19)11-14/h4-5,8-9,11,13,18,20H,3,6-7,10H2,1-2H3. The molecule has 1 nitrogen and oxygen atoms in total. The van der Waals surface area contributed by atoms with Crippen molar-refractivity contribution in [2.45, 2.75) is 39.2 Å². The van der Waals surface area contributed by atoms with Gasteiger partial charge in [0.25, 0.3) is 0 Å². The number of hydrogen-bond donors (Lipinski definition) is 1. The van der Waals surface area contributed by atoms with Gasteiger partial charge in [0.05, 0.1) is 0 Å². The summed E-state index contributed by atoms with van der Waals surface area (Å²) in [6.07, 6.45) is 3.92. The van der Waals surface area contributed by atoms with Crippen molar-refractivity contribution < 1.29 is 0 Å². The number of thiophene rings is 1. The number of hydrogen-bond acceptors (Lipinski definition) is 2. The van der Waals surface area contributed by atoms with Gasteiger partial charge in [-0.15, -0.1) is 11.3 Å². The van der Waals surface area contributed by atoms with Crippen molar-refractivity contribution in [3.05, 3.63) is 45.8 Å². The fourth-order valence-electron chi connectivity index (χ4n) is 2.65. The number of aryl methyl sites for hydroxylation is 1. The zero-order valence-electron chi connectivity index (χ0n) is 12.7. The molecule has 3 heteroatoms. The van der Waals surface area contributed by atoms with Crippen LogP contribution in [0.25, 0.3) is 10.4 Å². The quantitative estimate of drug-likeness (QED) is 0.706. The van der Waals surface area contributed by atoms with E-state index in [9.17, 15) is 0 Å². The molecule has 0 bridgehead atoms. The van der Waals surface area contributed by atoms with Gasteiger partial charge in [-0.3, -0.25) is 0 Å². The van der Waals surface area contributed by atoms with Crippen LogP contribution < -0.4 is 5.32 Å². The molecule has 0 aliphatic heterocycles. The summed E-state index contributed by atoms with van der Waals surface area (Å²) < 4.78 is 0. The van der Waals surface area contributed by atoms with Gasteiger partial charge in [-0.25, -0.2) is 0 Å². The Hall–Kier alpha value is -0.830. The van der Waals surface area contributed by atoms with Crippen molar-refractivity contribution in [2.75, 3.05) is 6.54 Å². The Morgan fingerprint density at radius 2 is 2.10 bits per heavy atom. The first-order valence-corrected chi connectivity index (χ1v) is 8.98. The first-order valence-electron chi connectivity index (χ1n) is 7.78. The molecule has 21 heavy (non-hydrogen) atoms.